The van der Waals surface area contributed by atoms with Gasteiger partial charge in [0.05, 0.1) is 0 Å². The zero-order chi connectivity index (χ0) is 13.4. The molecule has 1 aromatic rings. The Balaban J connectivity index is 2.69. The molecular formula is C15H23NO2. The average molecular weight is 249 g/mol. The van der Waals surface area contributed by atoms with Crippen LogP contribution in [0.4, 0.5) is 0 Å². The van der Waals surface area contributed by atoms with E-state index in [1.54, 1.807) is 0 Å². The maximum absolute atomic E-state index is 11.5. The van der Waals surface area contributed by atoms with E-state index in [2.05, 4.69) is 12.2 Å². The molecule has 1 unspecified atom stereocenters. The first-order valence-corrected chi connectivity index (χ1v) is 6.67. The highest BCUT2D eigenvalue weighted by molar-refractivity contribution is 5.78. The van der Waals surface area contributed by atoms with Crippen LogP contribution in [-0.4, -0.2) is 16.6 Å². The van der Waals surface area contributed by atoms with Crippen molar-refractivity contribution in [3.63, 3.8) is 0 Å². The Morgan fingerprint density at radius 3 is 2.44 bits per heavy atom. The summed E-state index contributed by atoms with van der Waals surface area (Å²) in [5.41, 5.74) is 0.333. The molecule has 0 aliphatic rings. The van der Waals surface area contributed by atoms with Gasteiger partial charge in [0, 0.05) is 6.54 Å². The van der Waals surface area contributed by atoms with E-state index in [0.717, 1.165) is 18.4 Å². The third kappa shape index (κ3) is 3.84. The van der Waals surface area contributed by atoms with Gasteiger partial charge >= 0.3 is 5.97 Å². The van der Waals surface area contributed by atoms with E-state index in [1.807, 2.05) is 37.3 Å². The molecule has 0 bridgehead atoms. The van der Waals surface area contributed by atoms with Crippen molar-refractivity contribution in [1.82, 2.24) is 5.32 Å². The standard InChI is InChI=1S/C15H23NO2/c1-3-5-11-15(4-2,14(17)18)16-12-13-9-7-6-8-10-13/h6-10,16H,3-5,11-12H2,1-2H3,(H,17,18). The molecule has 0 heterocycles. The lowest BCUT2D eigenvalue weighted by molar-refractivity contribution is -0.145. The summed E-state index contributed by atoms with van der Waals surface area (Å²) in [6.07, 6.45) is 3.24. The molecule has 18 heavy (non-hydrogen) atoms. The van der Waals surface area contributed by atoms with E-state index in [4.69, 9.17) is 0 Å². The molecule has 3 heteroatoms. The zero-order valence-electron chi connectivity index (χ0n) is 11.3. The lowest BCUT2D eigenvalue weighted by atomic mass is 9.89. The second-order valence-corrected chi connectivity index (χ2v) is 4.68. The molecular weight excluding hydrogens is 226 g/mol. The third-order valence-electron chi connectivity index (χ3n) is 3.44. The van der Waals surface area contributed by atoms with E-state index in [0.29, 0.717) is 19.4 Å². The van der Waals surface area contributed by atoms with Crippen LogP contribution in [-0.2, 0) is 11.3 Å². The van der Waals surface area contributed by atoms with Crippen LogP contribution >= 0.6 is 0 Å². The summed E-state index contributed by atoms with van der Waals surface area (Å²) in [7, 11) is 0. The predicted octanol–water partition coefficient (Wildman–Crippen LogP) is 3.20. The Bertz CT molecular complexity index is 364. The van der Waals surface area contributed by atoms with Gasteiger partial charge in [0.15, 0.2) is 0 Å². The molecule has 0 spiro atoms. The van der Waals surface area contributed by atoms with Crippen molar-refractivity contribution in [3.05, 3.63) is 35.9 Å². The largest absolute Gasteiger partial charge is 0.480 e. The van der Waals surface area contributed by atoms with Crippen LogP contribution in [0.1, 0.15) is 45.1 Å². The summed E-state index contributed by atoms with van der Waals surface area (Å²) in [6.45, 7) is 4.62. The van der Waals surface area contributed by atoms with Crippen molar-refractivity contribution in [1.29, 1.82) is 0 Å². The van der Waals surface area contributed by atoms with Gasteiger partial charge in [-0.2, -0.15) is 0 Å². The van der Waals surface area contributed by atoms with Gasteiger partial charge in [0.2, 0.25) is 0 Å². The van der Waals surface area contributed by atoms with E-state index < -0.39 is 11.5 Å². The van der Waals surface area contributed by atoms with E-state index in [1.165, 1.54) is 0 Å². The van der Waals surface area contributed by atoms with Gasteiger partial charge < -0.3 is 5.11 Å². The van der Waals surface area contributed by atoms with Gasteiger partial charge in [0.1, 0.15) is 5.54 Å². The summed E-state index contributed by atoms with van der Waals surface area (Å²) >= 11 is 0. The number of carboxylic acids is 1. The smallest absolute Gasteiger partial charge is 0.323 e. The SMILES string of the molecule is CCCCC(CC)(NCc1ccccc1)C(=O)O. The fourth-order valence-corrected chi connectivity index (χ4v) is 2.07. The van der Waals surface area contributed by atoms with Gasteiger partial charge in [0.25, 0.3) is 0 Å². The van der Waals surface area contributed by atoms with Crippen molar-refractivity contribution in [3.8, 4) is 0 Å². The minimum Gasteiger partial charge on any atom is -0.480 e. The molecule has 1 aromatic carbocycles. The highest BCUT2D eigenvalue weighted by Gasteiger charge is 2.35. The van der Waals surface area contributed by atoms with E-state index in [-0.39, 0.29) is 0 Å². The van der Waals surface area contributed by atoms with Crippen LogP contribution in [0.3, 0.4) is 0 Å². The quantitative estimate of drug-likeness (QED) is 0.744. The molecule has 0 amide bonds. The Kier molecular flexibility index (Phi) is 5.86. The number of carbonyl (C=O) groups is 1. The lowest BCUT2D eigenvalue weighted by Crippen LogP contribution is -2.51. The number of nitrogens with one attached hydrogen (secondary N) is 1. The van der Waals surface area contributed by atoms with Crippen LogP contribution in [0.5, 0.6) is 0 Å². The average Bonchev–Trinajstić information content (AvgIpc) is 2.40. The van der Waals surface area contributed by atoms with E-state index >= 15 is 0 Å². The van der Waals surface area contributed by atoms with Crippen LogP contribution in [0.15, 0.2) is 30.3 Å². The summed E-state index contributed by atoms with van der Waals surface area (Å²) in [4.78, 5) is 11.5. The number of unbranched alkanes of at least 4 members (excludes halogenated alkanes) is 1. The van der Waals surface area contributed by atoms with Crippen LogP contribution in [0.2, 0.25) is 0 Å². The number of hydrogen-bond acceptors (Lipinski definition) is 2. The Morgan fingerprint density at radius 2 is 1.94 bits per heavy atom. The van der Waals surface area contributed by atoms with Crippen LogP contribution in [0.25, 0.3) is 0 Å². The lowest BCUT2D eigenvalue weighted by Gasteiger charge is -2.29. The van der Waals surface area contributed by atoms with Crippen molar-refractivity contribution in [2.24, 2.45) is 0 Å². The highest BCUT2D eigenvalue weighted by atomic mass is 16.4. The zero-order valence-corrected chi connectivity index (χ0v) is 11.3. The Hall–Kier alpha value is -1.35. The second kappa shape index (κ2) is 7.17. The Labute approximate surface area is 109 Å². The third-order valence-corrected chi connectivity index (χ3v) is 3.44. The maximum atomic E-state index is 11.5. The first-order valence-electron chi connectivity index (χ1n) is 6.67. The summed E-state index contributed by atoms with van der Waals surface area (Å²) in [6, 6.07) is 9.92. The van der Waals surface area contributed by atoms with Gasteiger partial charge in [-0.05, 0) is 18.4 Å². The van der Waals surface area contributed by atoms with E-state index in [9.17, 15) is 9.90 Å². The monoisotopic (exact) mass is 249 g/mol. The molecule has 1 atom stereocenters. The molecule has 100 valence electrons. The minimum absolute atomic E-state index is 0.602. The molecule has 0 saturated heterocycles. The number of rotatable bonds is 8. The van der Waals surface area contributed by atoms with Crippen molar-refractivity contribution in [2.45, 2.75) is 51.6 Å². The van der Waals surface area contributed by atoms with Gasteiger partial charge in [-0.1, -0.05) is 57.0 Å². The molecule has 0 aromatic heterocycles. The topological polar surface area (TPSA) is 49.3 Å². The second-order valence-electron chi connectivity index (χ2n) is 4.68. The number of benzene rings is 1. The molecule has 0 radical (unpaired) electrons. The fourth-order valence-electron chi connectivity index (χ4n) is 2.07. The molecule has 1 rings (SSSR count). The molecule has 0 aliphatic carbocycles. The number of hydrogen-bond donors (Lipinski definition) is 2. The Morgan fingerprint density at radius 1 is 1.28 bits per heavy atom. The minimum atomic E-state index is -0.786. The van der Waals surface area contributed by atoms with Crippen LogP contribution < -0.4 is 5.32 Å². The molecule has 0 saturated carbocycles. The van der Waals surface area contributed by atoms with Crippen LogP contribution in [0, 0.1) is 0 Å². The molecule has 3 nitrogen and oxygen atoms in total. The highest BCUT2D eigenvalue weighted by Crippen LogP contribution is 2.20. The summed E-state index contributed by atoms with van der Waals surface area (Å²) in [5, 5.41) is 12.7. The normalized spacial score (nSPS) is 14.1. The molecule has 0 fully saturated rings. The van der Waals surface area contributed by atoms with Gasteiger partial charge in [-0.25, -0.2) is 0 Å². The maximum Gasteiger partial charge on any atom is 0.323 e. The molecule has 0 aliphatic heterocycles. The summed E-state index contributed by atoms with van der Waals surface area (Å²) in [5.74, 6) is -0.741. The van der Waals surface area contributed by atoms with Gasteiger partial charge in [-0.3, -0.25) is 10.1 Å². The van der Waals surface area contributed by atoms with Crippen molar-refractivity contribution >= 4 is 5.97 Å². The number of carboxylic acid groups (broad SMARTS) is 1. The summed E-state index contributed by atoms with van der Waals surface area (Å²) < 4.78 is 0. The predicted molar refractivity (Wildman–Crippen MR) is 73.5 cm³/mol. The fraction of sp³-hybridized carbons (Fsp3) is 0.533. The molecule has 2 N–H and O–H groups in total. The van der Waals surface area contributed by atoms with Crippen molar-refractivity contribution < 1.29 is 9.90 Å². The van der Waals surface area contributed by atoms with Gasteiger partial charge in [-0.15, -0.1) is 0 Å². The first kappa shape index (κ1) is 14.7. The van der Waals surface area contributed by atoms with Crippen molar-refractivity contribution in [2.75, 3.05) is 0 Å². The number of aliphatic carboxylic acids is 1. The first-order chi connectivity index (χ1) is 8.64.